The number of ether oxygens (including phenoxy) is 3. The van der Waals surface area contributed by atoms with Crippen molar-refractivity contribution < 1.29 is 23.8 Å². The molecule has 1 aliphatic rings. The normalized spacial score (nSPS) is 14.5. The zero-order chi connectivity index (χ0) is 30.2. The van der Waals surface area contributed by atoms with Gasteiger partial charge >= 0.3 is 5.97 Å². The summed E-state index contributed by atoms with van der Waals surface area (Å²) in [4.78, 5) is 29.2. The molecule has 1 heterocycles. The summed E-state index contributed by atoms with van der Waals surface area (Å²) >= 11 is 0. The lowest BCUT2D eigenvalue weighted by Gasteiger charge is -2.37. The Labute approximate surface area is 251 Å². The lowest BCUT2D eigenvalue weighted by molar-refractivity contribution is -0.156. The molecule has 0 radical (unpaired) electrons. The van der Waals surface area contributed by atoms with Gasteiger partial charge in [0.05, 0.1) is 25.3 Å². The summed E-state index contributed by atoms with van der Waals surface area (Å²) in [6, 6.07) is 30.3. The monoisotopic (exact) mass is 575 g/mol. The van der Waals surface area contributed by atoms with Gasteiger partial charge in [0, 0.05) is 18.7 Å². The number of esters is 1. The van der Waals surface area contributed by atoms with Crippen molar-refractivity contribution in [3.05, 3.63) is 125 Å². The second-order valence-electron chi connectivity index (χ2n) is 10.2. The lowest BCUT2D eigenvalue weighted by atomic mass is 9.92. The molecule has 2 atom stereocenters. The average molecular weight is 576 g/mol. The molecule has 218 valence electrons. The Morgan fingerprint density at radius 1 is 0.953 bits per heavy atom. The van der Waals surface area contributed by atoms with Gasteiger partial charge in [-0.1, -0.05) is 60.7 Å². The summed E-state index contributed by atoms with van der Waals surface area (Å²) in [5.41, 5.74) is 4.79. The van der Waals surface area contributed by atoms with Crippen molar-refractivity contribution in [1.29, 1.82) is 5.26 Å². The molecule has 0 bridgehead atoms. The molecule has 0 aromatic heterocycles. The molecule has 0 saturated carbocycles. The van der Waals surface area contributed by atoms with Crippen molar-refractivity contribution in [2.45, 2.75) is 38.6 Å². The Hall–Kier alpha value is -5.29. The van der Waals surface area contributed by atoms with Gasteiger partial charge in [0.25, 0.3) is 5.91 Å². The molecule has 5 rings (SSSR count). The van der Waals surface area contributed by atoms with Crippen molar-refractivity contribution in [1.82, 2.24) is 4.90 Å². The fraction of sp³-hybridized carbons (Fsp3) is 0.229. The van der Waals surface area contributed by atoms with Crippen molar-refractivity contribution in [2.24, 2.45) is 0 Å². The first-order chi connectivity index (χ1) is 21.0. The summed E-state index contributed by atoms with van der Waals surface area (Å²) in [6.45, 7) is 2.59. The number of carbonyl (C=O) groups is 2. The Morgan fingerprint density at radius 2 is 1.67 bits per heavy atom. The quantitative estimate of drug-likeness (QED) is 0.238. The summed E-state index contributed by atoms with van der Waals surface area (Å²) in [5, 5.41) is 12.6. The molecule has 0 fully saturated rings. The standard InChI is InChI=1S/C35H33N3O5/c1-3-42-35(40)30-19-26-11-7-8-12-28(26)22-38(30)34(39)33(37-29-16-13-24(21-36)14-17-29)27-15-18-31(32(20-27)41-2)43-23-25-9-5-4-6-10-25/h4-18,20,30,33,37H,3,19,22-23H2,1-2H3. The Morgan fingerprint density at radius 3 is 2.37 bits per heavy atom. The number of anilines is 1. The number of hydrogen-bond donors (Lipinski definition) is 1. The molecule has 8 heteroatoms. The maximum absolute atomic E-state index is 14.5. The largest absolute Gasteiger partial charge is 0.493 e. The number of benzene rings is 4. The van der Waals surface area contributed by atoms with Crippen LogP contribution in [0.15, 0.2) is 97.1 Å². The second kappa shape index (κ2) is 13.6. The summed E-state index contributed by atoms with van der Waals surface area (Å²) in [5.74, 6) is 0.274. The molecular weight excluding hydrogens is 542 g/mol. The minimum atomic E-state index is -0.882. The van der Waals surface area contributed by atoms with Crippen LogP contribution in [0.25, 0.3) is 0 Å². The van der Waals surface area contributed by atoms with E-state index in [1.54, 1.807) is 55.3 Å². The topological polar surface area (TPSA) is 101 Å². The van der Waals surface area contributed by atoms with E-state index in [0.717, 1.165) is 16.7 Å². The van der Waals surface area contributed by atoms with E-state index in [9.17, 15) is 14.9 Å². The van der Waals surface area contributed by atoms with Crippen LogP contribution in [0.4, 0.5) is 5.69 Å². The van der Waals surface area contributed by atoms with Crippen LogP contribution in [-0.2, 0) is 33.9 Å². The number of methoxy groups -OCH3 is 1. The molecule has 1 aliphatic heterocycles. The van der Waals surface area contributed by atoms with Crippen LogP contribution in [0.3, 0.4) is 0 Å². The van der Waals surface area contributed by atoms with Gasteiger partial charge < -0.3 is 24.4 Å². The van der Waals surface area contributed by atoms with E-state index in [2.05, 4.69) is 11.4 Å². The second-order valence-corrected chi connectivity index (χ2v) is 10.2. The van der Waals surface area contributed by atoms with Gasteiger partial charge in [0.2, 0.25) is 0 Å². The number of rotatable bonds is 10. The van der Waals surface area contributed by atoms with Crippen molar-refractivity contribution in [3.63, 3.8) is 0 Å². The minimum absolute atomic E-state index is 0.216. The number of hydrogen-bond acceptors (Lipinski definition) is 7. The summed E-state index contributed by atoms with van der Waals surface area (Å²) < 4.78 is 17.1. The molecule has 1 N–H and O–H groups in total. The van der Waals surface area contributed by atoms with E-state index >= 15 is 0 Å². The van der Waals surface area contributed by atoms with Crippen molar-refractivity contribution in [2.75, 3.05) is 19.0 Å². The third-order valence-corrected chi connectivity index (χ3v) is 7.42. The third-order valence-electron chi connectivity index (χ3n) is 7.42. The molecule has 1 amide bonds. The molecule has 43 heavy (non-hydrogen) atoms. The number of nitrogens with zero attached hydrogens (tertiary/aromatic N) is 2. The fourth-order valence-electron chi connectivity index (χ4n) is 5.18. The van der Waals surface area contributed by atoms with Crippen molar-refractivity contribution >= 4 is 17.6 Å². The van der Waals surface area contributed by atoms with E-state index in [0.29, 0.717) is 41.3 Å². The summed E-state index contributed by atoms with van der Waals surface area (Å²) in [6.07, 6.45) is 0.361. The SMILES string of the molecule is CCOC(=O)C1Cc2ccccc2CN1C(=O)C(Nc1ccc(C#N)cc1)c1ccc(OCc2ccccc2)c(OC)c1. The minimum Gasteiger partial charge on any atom is -0.493 e. The predicted molar refractivity (Wildman–Crippen MR) is 162 cm³/mol. The number of amides is 1. The third kappa shape index (κ3) is 6.79. The molecule has 8 nitrogen and oxygen atoms in total. The summed E-state index contributed by atoms with van der Waals surface area (Å²) in [7, 11) is 1.55. The first-order valence-electron chi connectivity index (χ1n) is 14.2. The maximum atomic E-state index is 14.5. The van der Waals surface area contributed by atoms with E-state index in [4.69, 9.17) is 14.2 Å². The lowest BCUT2D eigenvalue weighted by Crippen LogP contribution is -2.51. The molecule has 0 aliphatic carbocycles. The molecular formula is C35H33N3O5. The average Bonchev–Trinajstić information content (AvgIpc) is 3.06. The van der Waals surface area contributed by atoms with E-state index in [-0.39, 0.29) is 19.1 Å². The number of carbonyl (C=O) groups excluding carboxylic acids is 2. The van der Waals surface area contributed by atoms with E-state index in [1.807, 2.05) is 60.7 Å². The van der Waals surface area contributed by atoms with Crippen LogP contribution in [0.1, 0.15) is 40.8 Å². The Bertz CT molecular complexity index is 1620. The van der Waals surface area contributed by atoms with Gasteiger partial charge in [0.1, 0.15) is 18.7 Å². The van der Waals surface area contributed by atoms with Gasteiger partial charge in [-0.25, -0.2) is 4.79 Å². The fourth-order valence-corrected chi connectivity index (χ4v) is 5.18. The van der Waals surface area contributed by atoms with Crippen molar-refractivity contribution in [3.8, 4) is 17.6 Å². The highest BCUT2D eigenvalue weighted by molar-refractivity contribution is 5.91. The van der Waals surface area contributed by atoms with E-state index < -0.39 is 18.1 Å². The van der Waals surface area contributed by atoms with Crippen LogP contribution < -0.4 is 14.8 Å². The van der Waals surface area contributed by atoms with Crippen LogP contribution >= 0.6 is 0 Å². The van der Waals surface area contributed by atoms with Crippen LogP contribution in [-0.4, -0.2) is 36.5 Å². The highest BCUT2D eigenvalue weighted by Gasteiger charge is 2.39. The molecule has 4 aromatic carbocycles. The van der Waals surface area contributed by atoms with Crippen LogP contribution in [0.2, 0.25) is 0 Å². The first-order valence-corrected chi connectivity index (χ1v) is 14.2. The molecule has 0 saturated heterocycles. The van der Waals surface area contributed by atoms with Gasteiger partial charge in [-0.05, 0) is 65.6 Å². The van der Waals surface area contributed by atoms with E-state index in [1.165, 1.54) is 0 Å². The van der Waals surface area contributed by atoms with Gasteiger partial charge in [0.15, 0.2) is 11.5 Å². The van der Waals surface area contributed by atoms with Crippen LogP contribution in [0.5, 0.6) is 11.5 Å². The first kappa shape index (κ1) is 29.2. The predicted octanol–water partition coefficient (Wildman–Crippen LogP) is 5.82. The highest BCUT2D eigenvalue weighted by Crippen LogP contribution is 2.35. The van der Waals surface area contributed by atoms with Gasteiger partial charge in [-0.15, -0.1) is 0 Å². The zero-order valence-corrected chi connectivity index (χ0v) is 24.2. The number of nitriles is 1. The highest BCUT2D eigenvalue weighted by atomic mass is 16.5. The molecule has 0 spiro atoms. The number of nitrogens with one attached hydrogen (secondary N) is 1. The molecule has 2 unspecified atom stereocenters. The maximum Gasteiger partial charge on any atom is 0.329 e. The Kier molecular flexibility index (Phi) is 9.23. The van der Waals surface area contributed by atoms with Gasteiger partial charge in [-0.2, -0.15) is 5.26 Å². The smallest absolute Gasteiger partial charge is 0.329 e. The van der Waals surface area contributed by atoms with Crippen LogP contribution in [0, 0.1) is 11.3 Å². The number of fused-ring (bicyclic) bond motifs is 1. The van der Waals surface area contributed by atoms with Gasteiger partial charge in [-0.3, -0.25) is 4.79 Å². The zero-order valence-electron chi connectivity index (χ0n) is 24.2. The molecule has 4 aromatic rings. The Balaban J connectivity index is 1.50.